The van der Waals surface area contributed by atoms with Gasteiger partial charge in [0.25, 0.3) is 0 Å². The van der Waals surface area contributed by atoms with E-state index in [0.29, 0.717) is 11.7 Å². The van der Waals surface area contributed by atoms with Gasteiger partial charge in [-0.1, -0.05) is 43.3 Å². The summed E-state index contributed by atoms with van der Waals surface area (Å²) >= 11 is 0. The van der Waals surface area contributed by atoms with Crippen LogP contribution >= 0.6 is 0 Å². The lowest BCUT2D eigenvalue weighted by molar-refractivity contribution is 0.436. The first-order chi connectivity index (χ1) is 8.24. The van der Waals surface area contributed by atoms with Gasteiger partial charge in [-0.3, -0.25) is 0 Å². The fraction of sp³-hybridized carbons (Fsp3) is 0.357. The molecule has 2 N–H and O–H groups in total. The monoisotopic (exact) mass is 230 g/mol. The molecule has 0 aliphatic heterocycles. The van der Waals surface area contributed by atoms with Crippen molar-refractivity contribution < 1.29 is 4.52 Å². The summed E-state index contributed by atoms with van der Waals surface area (Å²) in [5.74, 6) is 1.78. The second-order valence-electron chi connectivity index (χ2n) is 4.25. The van der Waals surface area contributed by atoms with Crippen LogP contribution in [0.15, 0.2) is 34.9 Å². The van der Waals surface area contributed by atoms with E-state index >= 15 is 0 Å². The Morgan fingerprint density at radius 1 is 1.18 bits per heavy atom. The highest BCUT2D eigenvalue weighted by Gasteiger charge is 2.08. The molecule has 0 spiro atoms. The number of hydrogen-bond acceptors (Lipinski definition) is 3. The van der Waals surface area contributed by atoms with E-state index in [9.17, 15) is 0 Å². The van der Waals surface area contributed by atoms with Crippen LogP contribution in [0.3, 0.4) is 0 Å². The summed E-state index contributed by atoms with van der Waals surface area (Å²) in [5.41, 5.74) is 7.93. The molecule has 0 aliphatic carbocycles. The number of benzene rings is 1. The molecule has 17 heavy (non-hydrogen) atoms. The third kappa shape index (κ3) is 2.49. The van der Waals surface area contributed by atoms with E-state index in [1.807, 2.05) is 0 Å². The van der Waals surface area contributed by atoms with Gasteiger partial charge in [-0.25, -0.2) is 0 Å². The summed E-state index contributed by atoms with van der Waals surface area (Å²) in [6.45, 7) is 4.44. The Bertz CT molecular complexity index is 469. The van der Waals surface area contributed by atoms with Gasteiger partial charge in [0.05, 0.1) is 0 Å². The summed E-state index contributed by atoms with van der Waals surface area (Å²) in [4.78, 5) is 0. The van der Waals surface area contributed by atoms with Crippen molar-refractivity contribution in [3.63, 3.8) is 0 Å². The number of aromatic nitrogens is 1. The second kappa shape index (κ2) is 5.04. The molecule has 0 fully saturated rings. The fourth-order valence-electron chi connectivity index (χ4n) is 2.10. The van der Waals surface area contributed by atoms with Gasteiger partial charge in [0, 0.05) is 11.6 Å². The highest BCUT2D eigenvalue weighted by Crippen LogP contribution is 2.27. The zero-order chi connectivity index (χ0) is 12.3. The van der Waals surface area contributed by atoms with Gasteiger partial charge in [0.15, 0.2) is 11.6 Å². The summed E-state index contributed by atoms with van der Waals surface area (Å²) in [5, 5.41) is 3.69. The maximum atomic E-state index is 5.53. The topological polar surface area (TPSA) is 52.0 Å². The predicted molar refractivity (Wildman–Crippen MR) is 69.7 cm³/mol. The second-order valence-corrected chi connectivity index (χ2v) is 4.25. The van der Waals surface area contributed by atoms with Crippen LogP contribution in [0.4, 0.5) is 5.82 Å². The van der Waals surface area contributed by atoms with E-state index in [2.05, 4.69) is 43.3 Å². The molecule has 1 heterocycles. The average molecular weight is 230 g/mol. The third-order valence-electron chi connectivity index (χ3n) is 3.18. The van der Waals surface area contributed by atoms with E-state index in [1.165, 1.54) is 18.4 Å². The molecule has 2 aromatic rings. The normalized spacial score (nSPS) is 11.0. The summed E-state index contributed by atoms with van der Waals surface area (Å²) < 4.78 is 5.13. The van der Waals surface area contributed by atoms with E-state index in [-0.39, 0.29) is 0 Å². The van der Waals surface area contributed by atoms with Crippen molar-refractivity contribution in [2.24, 2.45) is 0 Å². The molecule has 0 aliphatic rings. The van der Waals surface area contributed by atoms with Crippen molar-refractivity contribution >= 4 is 5.82 Å². The van der Waals surface area contributed by atoms with Gasteiger partial charge in [-0.05, 0) is 24.3 Å². The highest BCUT2D eigenvalue weighted by molar-refractivity contribution is 5.60. The molecule has 3 nitrogen and oxygen atoms in total. The predicted octanol–water partition coefficient (Wildman–Crippen LogP) is 3.83. The zero-order valence-electron chi connectivity index (χ0n) is 10.3. The first-order valence-corrected chi connectivity index (χ1v) is 6.07. The largest absolute Gasteiger partial charge is 0.381 e. The number of anilines is 1. The molecular weight excluding hydrogens is 212 g/mol. The molecule has 3 heteroatoms. The van der Waals surface area contributed by atoms with Gasteiger partial charge >= 0.3 is 0 Å². The molecule has 1 aromatic carbocycles. The van der Waals surface area contributed by atoms with Gasteiger partial charge in [-0.2, -0.15) is 0 Å². The number of rotatable bonds is 4. The van der Waals surface area contributed by atoms with Gasteiger partial charge in [0.1, 0.15) is 0 Å². The van der Waals surface area contributed by atoms with Crippen LogP contribution in [0.1, 0.15) is 38.2 Å². The summed E-state index contributed by atoms with van der Waals surface area (Å²) in [6.07, 6.45) is 2.34. The first kappa shape index (κ1) is 11.7. The molecule has 90 valence electrons. The SMILES string of the molecule is CCC(CC)c1ccc(-c2cc(N)no2)cc1. The Labute approximate surface area is 102 Å². The van der Waals surface area contributed by atoms with Crippen LogP contribution in [0.25, 0.3) is 11.3 Å². The molecule has 0 bridgehead atoms. The van der Waals surface area contributed by atoms with Crippen molar-refractivity contribution in [2.45, 2.75) is 32.6 Å². The molecule has 0 saturated carbocycles. The van der Waals surface area contributed by atoms with Crippen molar-refractivity contribution in [1.82, 2.24) is 5.16 Å². The lowest BCUT2D eigenvalue weighted by Crippen LogP contribution is -1.94. The minimum Gasteiger partial charge on any atom is -0.381 e. The third-order valence-corrected chi connectivity index (χ3v) is 3.18. The number of hydrogen-bond donors (Lipinski definition) is 1. The van der Waals surface area contributed by atoms with Gasteiger partial charge in [-0.15, -0.1) is 0 Å². The van der Waals surface area contributed by atoms with Crippen LogP contribution in [0, 0.1) is 0 Å². The quantitative estimate of drug-likeness (QED) is 0.868. The molecule has 0 amide bonds. The van der Waals surface area contributed by atoms with E-state index < -0.39 is 0 Å². The van der Waals surface area contributed by atoms with Crippen LogP contribution in [0.5, 0.6) is 0 Å². The van der Waals surface area contributed by atoms with E-state index in [1.54, 1.807) is 6.07 Å². The molecule has 0 atom stereocenters. The van der Waals surface area contributed by atoms with Crippen LogP contribution in [0.2, 0.25) is 0 Å². The molecule has 0 radical (unpaired) electrons. The minimum absolute atomic E-state index is 0.420. The maximum Gasteiger partial charge on any atom is 0.169 e. The van der Waals surface area contributed by atoms with Gasteiger partial charge < -0.3 is 10.3 Å². The highest BCUT2D eigenvalue weighted by atomic mass is 16.5. The van der Waals surface area contributed by atoms with E-state index in [0.717, 1.165) is 11.3 Å². The lowest BCUT2D eigenvalue weighted by Gasteiger charge is -2.12. The van der Waals surface area contributed by atoms with Crippen molar-refractivity contribution in [3.05, 3.63) is 35.9 Å². The Balaban J connectivity index is 2.23. The zero-order valence-corrected chi connectivity index (χ0v) is 10.3. The Kier molecular flexibility index (Phi) is 3.47. The van der Waals surface area contributed by atoms with E-state index in [4.69, 9.17) is 10.3 Å². The minimum atomic E-state index is 0.420. The average Bonchev–Trinajstić information content (AvgIpc) is 2.78. The standard InChI is InChI=1S/C14H18N2O/c1-3-10(4-2)11-5-7-12(8-6-11)13-9-14(15)16-17-13/h5-10H,3-4H2,1-2H3,(H2,15,16). The first-order valence-electron chi connectivity index (χ1n) is 6.07. The molecule has 0 saturated heterocycles. The Hall–Kier alpha value is -1.77. The Morgan fingerprint density at radius 2 is 1.82 bits per heavy atom. The molecule has 1 aromatic heterocycles. The number of nitrogens with two attached hydrogens (primary N) is 1. The lowest BCUT2D eigenvalue weighted by atomic mass is 9.93. The summed E-state index contributed by atoms with van der Waals surface area (Å²) in [7, 11) is 0. The van der Waals surface area contributed by atoms with Crippen LogP contribution in [-0.2, 0) is 0 Å². The van der Waals surface area contributed by atoms with Crippen molar-refractivity contribution in [1.29, 1.82) is 0 Å². The maximum absolute atomic E-state index is 5.53. The number of nitrogen functional groups attached to an aromatic ring is 1. The smallest absolute Gasteiger partial charge is 0.169 e. The summed E-state index contributed by atoms with van der Waals surface area (Å²) in [6, 6.07) is 10.2. The molecule has 0 unspecified atom stereocenters. The van der Waals surface area contributed by atoms with Crippen molar-refractivity contribution in [3.8, 4) is 11.3 Å². The van der Waals surface area contributed by atoms with Crippen LogP contribution < -0.4 is 5.73 Å². The van der Waals surface area contributed by atoms with Crippen molar-refractivity contribution in [2.75, 3.05) is 5.73 Å². The molecule has 2 rings (SSSR count). The Morgan fingerprint density at radius 3 is 2.29 bits per heavy atom. The van der Waals surface area contributed by atoms with Gasteiger partial charge in [0.2, 0.25) is 0 Å². The number of nitrogens with zero attached hydrogens (tertiary/aromatic N) is 1. The fourth-order valence-corrected chi connectivity index (χ4v) is 2.10. The van der Waals surface area contributed by atoms with Crippen LogP contribution in [-0.4, -0.2) is 5.16 Å². The molecular formula is C14H18N2O.